The molecule has 3 heteroatoms. The summed E-state index contributed by atoms with van der Waals surface area (Å²) in [6.45, 7) is 15.0. The molecule has 0 aliphatic heterocycles. The molecule has 114 valence electrons. The minimum absolute atomic E-state index is 0. The number of nitrogens with zero attached hydrogens (tertiary/aromatic N) is 1. The molecule has 0 heterocycles. The summed E-state index contributed by atoms with van der Waals surface area (Å²) in [5.74, 6) is 0. The van der Waals surface area contributed by atoms with Gasteiger partial charge in [-0.05, 0) is 25.7 Å². The van der Waals surface area contributed by atoms with Crippen LogP contribution in [0.3, 0.4) is 0 Å². The van der Waals surface area contributed by atoms with Crippen molar-refractivity contribution in [1.82, 2.24) is 0 Å². The van der Waals surface area contributed by atoms with Gasteiger partial charge in [-0.2, -0.15) is 0 Å². The number of halogens is 1. The first-order valence-electron chi connectivity index (χ1n) is 8.09. The number of quaternary nitrogens is 1. The summed E-state index contributed by atoms with van der Waals surface area (Å²) in [5, 5.41) is 0. The first-order chi connectivity index (χ1) is 8.24. The van der Waals surface area contributed by atoms with Crippen molar-refractivity contribution in [2.45, 2.75) is 79.1 Å². The van der Waals surface area contributed by atoms with Crippen molar-refractivity contribution in [2.24, 2.45) is 0 Å². The molecule has 0 aromatic heterocycles. The topological polar surface area (TPSA) is 0 Å². The number of hydrogen-bond donors (Lipinski definition) is 0. The van der Waals surface area contributed by atoms with E-state index in [2.05, 4.69) is 27.7 Å². The van der Waals surface area contributed by atoms with E-state index in [1.807, 2.05) is 0 Å². The van der Waals surface area contributed by atoms with E-state index < -0.39 is 0 Å². The van der Waals surface area contributed by atoms with Crippen LogP contribution in [0, 0.1) is 0 Å². The molecule has 0 saturated heterocycles. The second-order valence-electron chi connectivity index (χ2n) is 5.65. The van der Waals surface area contributed by atoms with Crippen LogP contribution in [0.25, 0.3) is 0 Å². The maximum absolute atomic E-state index is 2.33. The van der Waals surface area contributed by atoms with Gasteiger partial charge in [-0.1, -0.05) is 53.4 Å². The molecule has 0 atom stereocenters. The van der Waals surface area contributed by atoms with Crippen LogP contribution < -0.4 is 29.6 Å². The fourth-order valence-electron chi connectivity index (χ4n) is 2.64. The van der Waals surface area contributed by atoms with E-state index in [9.17, 15) is 0 Å². The Morgan fingerprint density at radius 3 is 0.947 bits per heavy atom. The van der Waals surface area contributed by atoms with Crippen molar-refractivity contribution in [3.05, 3.63) is 0 Å². The van der Waals surface area contributed by atoms with Gasteiger partial charge < -0.3 is 5.91 Å². The van der Waals surface area contributed by atoms with Crippen molar-refractivity contribution in [3.8, 4) is 0 Å². The molecular weight excluding hydrogens is 265 g/mol. The molecule has 0 spiro atoms. The van der Waals surface area contributed by atoms with Gasteiger partial charge in [-0.15, -0.1) is 12.4 Å². The summed E-state index contributed by atoms with van der Waals surface area (Å²) in [6.07, 6.45) is 11.1. The molecule has 0 N–H and O–H groups in total. The van der Waals surface area contributed by atoms with Gasteiger partial charge in [0.15, 0.2) is 0 Å². The minimum atomic E-state index is 0. The normalized spacial score (nSPS) is 10.7. The molecule has 19 heavy (non-hydrogen) atoms. The van der Waals surface area contributed by atoms with Crippen LogP contribution in [-0.4, -0.2) is 30.7 Å². The summed E-state index contributed by atoms with van der Waals surface area (Å²) in [4.78, 5) is 0. The fraction of sp³-hybridized carbons (Fsp3) is 1.00. The summed E-state index contributed by atoms with van der Waals surface area (Å²) >= 11 is 0. The van der Waals surface area contributed by atoms with Crippen LogP contribution >= 0.6 is 12.4 Å². The molecule has 0 rings (SSSR count). The van der Waals surface area contributed by atoms with E-state index in [-0.39, 0.29) is 43.4 Å². The monoisotopic (exact) mass is 302 g/mol. The Hall–Kier alpha value is 1.25. The molecule has 0 radical (unpaired) electrons. The van der Waals surface area contributed by atoms with Crippen LogP contribution in [0.15, 0.2) is 0 Å². The van der Waals surface area contributed by atoms with Crippen LogP contribution in [0.1, 0.15) is 80.5 Å². The third-order valence-electron chi connectivity index (χ3n) is 3.94. The van der Waals surface area contributed by atoms with Crippen LogP contribution in [0.2, 0.25) is 0 Å². The van der Waals surface area contributed by atoms with Crippen molar-refractivity contribution in [1.29, 1.82) is 0 Å². The molecule has 0 bridgehead atoms. The number of unbranched alkanes of at least 4 members (excludes halogenated alkanes) is 4. The molecule has 0 amide bonds. The van der Waals surface area contributed by atoms with E-state index in [4.69, 9.17) is 0 Å². The maximum Gasteiger partial charge on any atom is 1.00 e. The zero-order valence-electron chi connectivity index (χ0n) is 15.3. The Bertz CT molecular complexity index is 133. The van der Waals surface area contributed by atoms with Gasteiger partial charge in [-0.3, -0.25) is 0 Å². The third-order valence-corrected chi connectivity index (χ3v) is 3.94. The first-order valence-corrected chi connectivity index (χ1v) is 8.09. The van der Waals surface area contributed by atoms with Gasteiger partial charge >= 0.3 is 29.6 Å². The summed E-state index contributed by atoms with van der Waals surface area (Å²) < 4.78 is 1.42. The van der Waals surface area contributed by atoms with Gasteiger partial charge in [0, 0.05) is 0 Å². The standard InChI is InChI=1S/C16H36N.ClH.Na.H/c1-5-9-13-17(14-10-6-2,15-11-7-3)16-12-8-4;;;/h5-16H2,1-4H3;1H;;/q+1;;+1;-1. The van der Waals surface area contributed by atoms with Gasteiger partial charge in [0.1, 0.15) is 0 Å². The van der Waals surface area contributed by atoms with E-state index in [1.54, 1.807) is 0 Å². The Morgan fingerprint density at radius 1 is 0.579 bits per heavy atom. The van der Waals surface area contributed by atoms with E-state index >= 15 is 0 Å². The summed E-state index contributed by atoms with van der Waals surface area (Å²) in [5.41, 5.74) is 0. The van der Waals surface area contributed by atoms with Gasteiger partial charge in [0.05, 0.1) is 26.2 Å². The molecule has 1 nitrogen and oxygen atoms in total. The second-order valence-corrected chi connectivity index (χ2v) is 5.65. The second kappa shape index (κ2) is 17.3. The van der Waals surface area contributed by atoms with E-state index in [0.717, 1.165) is 0 Å². The van der Waals surface area contributed by atoms with E-state index in [0.29, 0.717) is 0 Å². The number of hydrogen-bond acceptors (Lipinski definition) is 0. The van der Waals surface area contributed by atoms with Crippen molar-refractivity contribution in [3.63, 3.8) is 0 Å². The zero-order valence-corrected chi connectivity index (χ0v) is 17.2. The smallest absolute Gasteiger partial charge is 1.00 e. The molecular formula is C16H38ClNNa+. The summed E-state index contributed by atoms with van der Waals surface area (Å²) in [7, 11) is 0. The predicted molar refractivity (Wildman–Crippen MR) is 87.7 cm³/mol. The van der Waals surface area contributed by atoms with Crippen LogP contribution in [0.5, 0.6) is 0 Å². The predicted octanol–water partition coefficient (Wildman–Crippen LogP) is 2.54. The quantitative estimate of drug-likeness (QED) is 0.384. The Morgan fingerprint density at radius 2 is 0.789 bits per heavy atom. The molecule has 0 aliphatic rings. The average molecular weight is 303 g/mol. The first kappa shape index (κ1) is 25.2. The molecule has 0 fully saturated rings. The van der Waals surface area contributed by atoms with Crippen LogP contribution in [-0.2, 0) is 0 Å². The summed E-state index contributed by atoms with van der Waals surface area (Å²) in [6, 6.07) is 0. The fourth-order valence-corrected chi connectivity index (χ4v) is 2.64. The third kappa shape index (κ3) is 12.7. The van der Waals surface area contributed by atoms with Crippen LogP contribution in [0.4, 0.5) is 0 Å². The SMILES string of the molecule is CCCC[N+](CCCC)(CCCC)CCCC.Cl.[H-].[Na+]. The Kier molecular flexibility index (Phi) is 23.0. The maximum atomic E-state index is 2.33. The van der Waals surface area contributed by atoms with Crippen molar-refractivity contribution < 1.29 is 35.5 Å². The molecule has 0 unspecified atom stereocenters. The Balaban J connectivity index is -0.000000427. The van der Waals surface area contributed by atoms with Crippen molar-refractivity contribution >= 4 is 12.4 Å². The molecule has 0 aliphatic carbocycles. The molecule has 0 aromatic rings. The minimum Gasteiger partial charge on any atom is -1.00 e. The van der Waals surface area contributed by atoms with Gasteiger partial charge in [-0.25, -0.2) is 0 Å². The molecule has 0 saturated carbocycles. The van der Waals surface area contributed by atoms with Gasteiger partial charge in [0.2, 0.25) is 0 Å². The van der Waals surface area contributed by atoms with Gasteiger partial charge in [0.25, 0.3) is 0 Å². The largest absolute Gasteiger partial charge is 1.00 e. The average Bonchev–Trinajstić information content (AvgIpc) is 2.37. The van der Waals surface area contributed by atoms with E-state index in [1.165, 1.54) is 82.0 Å². The Labute approximate surface area is 152 Å². The molecule has 0 aromatic carbocycles. The zero-order chi connectivity index (χ0) is 13.0. The van der Waals surface area contributed by atoms with Crippen molar-refractivity contribution in [2.75, 3.05) is 26.2 Å². The number of rotatable bonds is 12.